The first-order valence-corrected chi connectivity index (χ1v) is 4.36. The highest BCUT2D eigenvalue weighted by Gasteiger charge is 2.12. The first kappa shape index (κ1) is 10.7. The van der Waals surface area contributed by atoms with Gasteiger partial charge in [-0.3, -0.25) is 4.79 Å². The van der Waals surface area contributed by atoms with Gasteiger partial charge in [0, 0.05) is 12.3 Å². The summed E-state index contributed by atoms with van der Waals surface area (Å²) in [6.07, 6.45) is 4.45. The first-order chi connectivity index (χ1) is 6.66. The third-order valence-corrected chi connectivity index (χ3v) is 1.81. The normalized spacial score (nSPS) is 10.5. The minimum Gasteiger partial charge on any atom is -0.268 e. The van der Waals surface area contributed by atoms with E-state index in [4.69, 9.17) is 17.4 Å². The molecule has 1 heterocycles. The molecule has 4 nitrogen and oxygen atoms in total. The maximum absolute atomic E-state index is 11.3. The molecular formula is C9H10ClN3O. The standard InChI is InChI=1S/C9H10ClN3O/c1-2-4-8(14)13(11)9-7(10)5-3-6-12-9/h2-6H,11H2,1H3. The highest BCUT2D eigenvalue weighted by Crippen LogP contribution is 2.19. The number of halogens is 1. The van der Waals surface area contributed by atoms with E-state index in [-0.39, 0.29) is 11.7 Å². The fourth-order valence-corrected chi connectivity index (χ4v) is 1.09. The minimum atomic E-state index is -0.367. The van der Waals surface area contributed by atoms with Gasteiger partial charge >= 0.3 is 0 Å². The number of hydrogen-bond acceptors (Lipinski definition) is 3. The molecule has 0 unspecified atom stereocenters. The van der Waals surface area contributed by atoms with Crippen molar-refractivity contribution in [3.63, 3.8) is 0 Å². The van der Waals surface area contributed by atoms with Crippen LogP contribution in [-0.2, 0) is 4.79 Å². The van der Waals surface area contributed by atoms with E-state index in [1.807, 2.05) is 0 Å². The summed E-state index contributed by atoms with van der Waals surface area (Å²) in [5, 5.41) is 1.25. The Bertz CT molecular complexity index is 365. The summed E-state index contributed by atoms with van der Waals surface area (Å²) in [6, 6.07) is 3.28. The molecule has 14 heavy (non-hydrogen) atoms. The van der Waals surface area contributed by atoms with Gasteiger partial charge in [0.25, 0.3) is 5.91 Å². The molecule has 2 N–H and O–H groups in total. The van der Waals surface area contributed by atoms with Gasteiger partial charge in [-0.15, -0.1) is 0 Å². The van der Waals surface area contributed by atoms with Crippen molar-refractivity contribution in [1.82, 2.24) is 4.98 Å². The van der Waals surface area contributed by atoms with Crippen molar-refractivity contribution in [3.05, 3.63) is 35.5 Å². The van der Waals surface area contributed by atoms with E-state index in [1.54, 1.807) is 25.1 Å². The maximum atomic E-state index is 11.3. The van der Waals surface area contributed by atoms with Gasteiger partial charge in [0.15, 0.2) is 5.82 Å². The number of nitrogens with two attached hydrogens (primary N) is 1. The zero-order valence-electron chi connectivity index (χ0n) is 7.64. The van der Waals surface area contributed by atoms with Crippen LogP contribution < -0.4 is 10.9 Å². The zero-order chi connectivity index (χ0) is 10.6. The van der Waals surface area contributed by atoms with Crippen LogP contribution in [0.5, 0.6) is 0 Å². The number of rotatable bonds is 2. The summed E-state index contributed by atoms with van der Waals surface area (Å²) >= 11 is 5.80. The molecule has 0 aliphatic carbocycles. The molecule has 0 aromatic carbocycles. The molecular weight excluding hydrogens is 202 g/mol. The smallest absolute Gasteiger partial charge is 0.266 e. The van der Waals surface area contributed by atoms with E-state index < -0.39 is 0 Å². The third-order valence-electron chi connectivity index (χ3n) is 1.51. The summed E-state index contributed by atoms with van der Waals surface area (Å²) in [4.78, 5) is 15.2. The number of hydrazine groups is 1. The molecule has 0 aliphatic heterocycles. The summed E-state index contributed by atoms with van der Waals surface area (Å²) in [6.45, 7) is 1.73. The number of anilines is 1. The monoisotopic (exact) mass is 211 g/mol. The number of carbonyl (C=O) groups is 1. The Hall–Kier alpha value is -1.39. The molecule has 0 aliphatic rings. The van der Waals surface area contributed by atoms with Crippen molar-refractivity contribution in [3.8, 4) is 0 Å². The second-order valence-corrected chi connectivity index (χ2v) is 2.92. The molecule has 0 bridgehead atoms. The van der Waals surface area contributed by atoms with E-state index in [0.29, 0.717) is 5.02 Å². The molecule has 0 fully saturated rings. The lowest BCUT2D eigenvalue weighted by Gasteiger charge is -2.13. The number of allylic oxidation sites excluding steroid dienone is 1. The second kappa shape index (κ2) is 4.74. The SMILES string of the molecule is CC=CC(=O)N(N)c1ncccc1Cl. The minimum absolute atomic E-state index is 0.247. The van der Waals surface area contributed by atoms with Crippen molar-refractivity contribution >= 4 is 23.3 Å². The van der Waals surface area contributed by atoms with E-state index in [2.05, 4.69) is 4.98 Å². The first-order valence-electron chi connectivity index (χ1n) is 3.99. The molecule has 74 valence electrons. The average Bonchev–Trinajstić information content (AvgIpc) is 2.18. The van der Waals surface area contributed by atoms with Crippen LogP contribution in [0.1, 0.15) is 6.92 Å². The van der Waals surface area contributed by atoms with Crippen molar-refractivity contribution in [2.75, 3.05) is 5.01 Å². The van der Waals surface area contributed by atoms with Gasteiger partial charge in [0.05, 0.1) is 5.02 Å². The average molecular weight is 212 g/mol. The summed E-state index contributed by atoms with van der Waals surface area (Å²) in [5.41, 5.74) is 0. The van der Waals surface area contributed by atoms with Gasteiger partial charge < -0.3 is 0 Å². The lowest BCUT2D eigenvalue weighted by atomic mass is 10.4. The Morgan fingerprint density at radius 3 is 3.00 bits per heavy atom. The number of amides is 1. The van der Waals surface area contributed by atoms with Crippen molar-refractivity contribution in [2.45, 2.75) is 6.92 Å². The van der Waals surface area contributed by atoms with Gasteiger partial charge in [0.1, 0.15) is 0 Å². The van der Waals surface area contributed by atoms with Gasteiger partial charge in [-0.05, 0) is 19.1 Å². The molecule has 1 rings (SSSR count). The van der Waals surface area contributed by atoms with Crippen LogP contribution in [0.3, 0.4) is 0 Å². The van der Waals surface area contributed by atoms with Crippen molar-refractivity contribution in [2.24, 2.45) is 5.84 Å². The van der Waals surface area contributed by atoms with Crippen LogP contribution >= 0.6 is 11.6 Å². The number of hydrogen-bond donors (Lipinski definition) is 1. The van der Waals surface area contributed by atoms with Crippen LogP contribution in [-0.4, -0.2) is 10.9 Å². The second-order valence-electron chi connectivity index (χ2n) is 2.52. The summed E-state index contributed by atoms with van der Waals surface area (Å²) < 4.78 is 0. The molecule has 1 aromatic rings. The molecule has 0 saturated heterocycles. The predicted octanol–water partition coefficient (Wildman–Crippen LogP) is 1.52. The fraction of sp³-hybridized carbons (Fsp3) is 0.111. The van der Waals surface area contributed by atoms with Gasteiger partial charge in [-0.25, -0.2) is 15.8 Å². The molecule has 1 amide bonds. The summed E-state index contributed by atoms with van der Waals surface area (Å²) in [5.74, 6) is 5.39. The summed E-state index contributed by atoms with van der Waals surface area (Å²) in [7, 11) is 0. The lowest BCUT2D eigenvalue weighted by molar-refractivity contribution is -0.114. The molecule has 0 atom stereocenters. The molecule has 0 radical (unpaired) electrons. The highest BCUT2D eigenvalue weighted by molar-refractivity contribution is 6.33. The lowest BCUT2D eigenvalue weighted by Crippen LogP contribution is -2.37. The Morgan fingerprint density at radius 2 is 2.43 bits per heavy atom. The third kappa shape index (κ3) is 2.31. The van der Waals surface area contributed by atoms with Crippen LogP contribution in [0.2, 0.25) is 5.02 Å². The van der Waals surface area contributed by atoms with E-state index in [0.717, 1.165) is 5.01 Å². The van der Waals surface area contributed by atoms with Crippen LogP contribution in [0.4, 0.5) is 5.82 Å². The van der Waals surface area contributed by atoms with E-state index >= 15 is 0 Å². The van der Waals surface area contributed by atoms with E-state index in [1.165, 1.54) is 12.3 Å². The molecule has 1 aromatic heterocycles. The number of aromatic nitrogens is 1. The topological polar surface area (TPSA) is 59.2 Å². The Morgan fingerprint density at radius 1 is 1.71 bits per heavy atom. The Balaban J connectivity index is 2.95. The highest BCUT2D eigenvalue weighted by atomic mass is 35.5. The fourth-order valence-electron chi connectivity index (χ4n) is 0.882. The van der Waals surface area contributed by atoms with Crippen molar-refractivity contribution < 1.29 is 4.79 Å². The van der Waals surface area contributed by atoms with Crippen LogP contribution in [0.25, 0.3) is 0 Å². The number of nitrogens with zero attached hydrogens (tertiary/aromatic N) is 2. The van der Waals surface area contributed by atoms with Crippen LogP contribution in [0.15, 0.2) is 30.5 Å². The van der Waals surface area contributed by atoms with Gasteiger partial charge in [0.2, 0.25) is 0 Å². The van der Waals surface area contributed by atoms with Crippen LogP contribution in [0, 0.1) is 0 Å². The Kier molecular flexibility index (Phi) is 3.62. The molecule has 0 spiro atoms. The molecule has 5 heteroatoms. The van der Waals surface area contributed by atoms with Gasteiger partial charge in [-0.1, -0.05) is 17.7 Å². The zero-order valence-corrected chi connectivity index (χ0v) is 8.40. The van der Waals surface area contributed by atoms with Crippen molar-refractivity contribution in [1.29, 1.82) is 0 Å². The quantitative estimate of drug-likeness (QED) is 0.349. The largest absolute Gasteiger partial charge is 0.268 e. The Labute approximate surface area is 87.0 Å². The predicted molar refractivity (Wildman–Crippen MR) is 55.7 cm³/mol. The van der Waals surface area contributed by atoms with Gasteiger partial charge in [-0.2, -0.15) is 0 Å². The molecule has 0 saturated carbocycles. The maximum Gasteiger partial charge on any atom is 0.266 e. The number of carbonyl (C=O) groups excluding carboxylic acids is 1. The van der Waals surface area contributed by atoms with E-state index in [9.17, 15) is 4.79 Å². The number of pyridine rings is 1.